The van der Waals surface area contributed by atoms with E-state index in [-0.39, 0.29) is 29.9 Å². The fourth-order valence-electron chi connectivity index (χ4n) is 4.54. The second kappa shape index (κ2) is 12.4. The highest BCUT2D eigenvalue weighted by molar-refractivity contribution is 7.16. The first kappa shape index (κ1) is 26.2. The highest BCUT2D eigenvalue weighted by atomic mass is 32.1. The predicted octanol–water partition coefficient (Wildman–Crippen LogP) is 5.04. The Morgan fingerprint density at radius 2 is 2.19 bits per heavy atom. The van der Waals surface area contributed by atoms with Crippen molar-refractivity contribution in [1.29, 1.82) is 0 Å². The summed E-state index contributed by atoms with van der Waals surface area (Å²) in [6, 6.07) is 10.8. The minimum Gasteiger partial charge on any atom is -0.508 e. The van der Waals surface area contributed by atoms with Crippen LogP contribution >= 0.6 is 11.3 Å². The molecule has 0 bridgehead atoms. The SMILES string of the molecule is C#Cc1c(NC(=O)CC(C)c2cccc(O)c2)sc2c1CCC(COC(=O)NCCc1cccnc1)C2. The molecule has 3 aromatic rings. The Hall–Kier alpha value is -3.83. The van der Waals surface area contributed by atoms with Crippen LogP contribution in [0.15, 0.2) is 48.8 Å². The lowest BCUT2D eigenvalue weighted by atomic mass is 9.87. The zero-order valence-electron chi connectivity index (χ0n) is 20.8. The molecule has 192 valence electrons. The van der Waals surface area contributed by atoms with Crippen LogP contribution in [0.2, 0.25) is 0 Å². The summed E-state index contributed by atoms with van der Waals surface area (Å²) in [6.07, 6.45) is 12.3. The molecule has 0 saturated carbocycles. The van der Waals surface area contributed by atoms with E-state index in [9.17, 15) is 14.7 Å². The third-order valence-corrected chi connectivity index (χ3v) is 7.72. The number of hydrogen-bond acceptors (Lipinski definition) is 6. The normalized spacial score (nSPS) is 15.2. The second-order valence-electron chi connectivity index (χ2n) is 9.35. The number of amides is 2. The molecule has 2 amide bonds. The number of pyridine rings is 1. The van der Waals surface area contributed by atoms with E-state index in [0.29, 0.717) is 24.6 Å². The fourth-order valence-corrected chi connectivity index (χ4v) is 5.88. The number of alkyl carbamates (subject to hydrolysis) is 1. The summed E-state index contributed by atoms with van der Waals surface area (Å²) in [7, 11) is 0. The maximum atomic E-state index is 12.8. The number of hydrogen-bond donors (Lipinski definition) is 3. The summed E-state index contributed by atoms with van der Waals surface area (Å²) in [4.78, 5) is 30.1. The van der Waals surface area contributed by atoms with E-state index in [4.69, 9.17) is 11.2 Å². The average molecular weight is 518 g/mol. The lowest BCUT2D eigenvalue weighted by Gasteiger charge is -2.22. The summed E-state index contributed by atoms with van der Waals surface area (Å²) < 4.78 is 5.47. The van der Waals surface area contributed by atoms with Crippen molar-refractivity contribution in [1.82, 2.24) is 10.3 Å². The molecular weight excluding hydrogens is 486 g/mol. The molecule has 2 atom stereocenters. The van der Waals surface area contributed by atoms with Crippen LogP contribution in [0.5, 0.6) is 5.75 Å². The van der Waals surface area contributed by atoms with Gasteiger partial charge in [0.25, 0.3) is 0 Å². The zero-order valence-corrected chi connectivity index (χ0v) is 21.6. The molecule has 2 unspecified atom stereocenters. The van der Waals surface area contributed by atoms with Gasteiger partial charge in [0, 0.05) is 30.2 Å². The Morgan fingerprint density at radius 3 is 2.95 bits per heavy atom. The molecule has 7 nitrogen and oxygen atoms in total. The third-order valence-electron chi connectivity index (χ3n) is 6.55. The molecule has 37 heavy (non-hydrogen) atoms. The van der Waals surface area contributed by atoms with Crippen molar-refractivity contribution in [2.45, 2.75) is 44.9 Å². The highest BCUT2D eigenvalue weighted by Gasteiger charge is 2.27. The standard InChI is InChI=1S/C29H31N3O4S/c1-3-24-25-10-9-21(18-36-29(35)31-13-11-20-6-5-12-30-17-20)15-26(25)37-28(24)32-27(34)14-19(2)22-7-4-8-23(33)16-22/h1,4-8,12,16-17,19,21,33H,9-11,13-15,18H2,2H3,(H,31,35)(H,32,34). The Morgan fingerprint density at radius 1 is 1.32 bits per heavy atom. The molecule has 2 aromatic heterocycles. The molecule has 0 aliphatic heterocycles. The van der Waals surface area contributed by atoms with E-state index in [2.05, 4.69) is 21.5 Å². The minimum absolute atomic E-state index is 0.0481. The molecule has 1 aliphatic carbocycles. The van der Waals surface area contributed by atoms with E-state index >= 15 is 0 Å². The number of benzene rings is 1. The number of phenols is 1. The van der Waals surface area contributed by atoms with Gasteiger partial charge in [-0.1, -0.05) is 31.0 Å². The molecule has 1 aromatic carbocycles. The summed E-state index contributed by atoms with van der Waals surface area (Å²) in [5.74, 6) is 2.99. The molecule has 3 N–H and O–H groups in total. The van der Waals surface area contributed by atoms with Crippen molar-refractivity contribution in [3.05, 3.63) is 75.9 Å². The number of thiophene rings is 1. The largest absolute Gasteiger partial charge is 0.508 e. The lowest BCUT2D eigenvalue weighted by molar-refractivity contribution is -0.116. The molecule has 0 saturated heterocycles. The maximum Gasteiger partial charge on any atom is 0.407 e. The van der Waals surface area contributed by atoms with E-state index in [0.717, 1.165) is 46.4 Å². The average Bonchev–Trinajstić information content (AvgIpc) is 3.23. The maximum absolute atomic E-state index is 12.8. The van der Waals surface area contributed by atoms with Gasteiger partial charge in [0.15, 0.2) is 0 Å². The quantitative estimate of drug-likeness (QED) is 0.346. The Balaban J connectivity index is 1.27. The van der Waals surface area contributed by atoms with Crippen LogP contribution in [-0.4, -0.2) is 35.2 Å². The number of ether oxygens (including phenoxy) is 1. The third kappa shape index (κ3) is 7.11. The number of nitrogens with one attached hydrogen (secondary N) is 2. The van der Waals surface area contributed by atoms with Crippen LogP contribution in [-0.2, 0) is 28.8 Å². The number of carbonyl (C=O) groups is 2. The van der Waals surface area contributed by atoms with Gasteiger partial charge >= 0.3 is 6.09 Å². The number of anilines is 1. The Labute approximate surface area is 221 Å². The Bertz CT molecular complexity index is 1280. The van der Waals surface area contributed by atoms with Gasteiger partial charge in [0.2, 0.25) is 5.91 Å². The molecule has 0 fully saturated rings. The van der Waals surface area contributed by atoms with E-state index in [1.807, 2.05) is 25.1 Å². The van der Waals surface area contributed by atoms with Crippen LogP contribution in [0.25, 0.3) is 0 Å². The van der Waals surface area contributed by atoms with Crippen LogP contribution in [0.3, 0.4) is 0 Å². The number of rotatable bonds is 9. The van der Waals surface area contributed by atoms with Gasteiger partial charge in [0.1, 0.15) is 10.8 Å². The predicted molar refractivity (Wildman–Crippen MR) is 145 cm³/mol. The number of aromatic nitrogens is 1. The number of phenolic OH excluding ortho intramolecular Hbond substituents is 1. The van der Waals surface area contributed by atoms with Crippen molar-refractivity contribution >= 4 is 28.3 Å². The number of nitrogens with zero attached hydrogens (tertiary/aromatic N) is 1. The zero-order chi connectivity index (χ0) is 26.2. The van der Waals surface area contributed by atoms with Gasteiger partial charge in [-0.25, -0.2) is 4.79 Å². The van der Waals surface area contributed by atoms with Crippen LogP contribution < -0.4 is 10.6 Å². The minimum atomic E-state index is -0.418. The van der Waals surface area contributed by atoms with Crippen LogP contribution in [0, 0.1) is 18.3 Å². The van der Waals surface area contributed by atoms with Gasteiger partial charge in [-0.15, -0.1) is 17.8 Å². The van der Waals surface area contributed by atoms with E-state index in [1.54, 1.807) is 30.6 Å². The van der Waals surface area contributed by atoms with Gasteiger partial charge in [0.05, 0.1) is 12.2 Å². The van der Waals surface area contributed by atoms with Gasteiger partial charge in [-0.05, 0) is 72.4 Å². The number of carbonyl (C=O) groups excluding carboxylic acids is 2. The van der Waals surface area contributed by atoms with E-state index in [1.165, 1.54) is 11.3 Å². The first-order chi connectivity index (χ1) is 17.9. The second-order valence-corrected chi connectivity index (χ2v) is 10.5. The highest BCUT2D eigenvalue weighted by Crippen LogP contribution is 2.39. The van der Waals surface area contributed by atoms with Gasteiger partial charge in [-0.2, -0.15) is 0 Å². The van der Waals surface area contributed by atoms with E-state index < -0.39 is 6.09 Å². The lowest BCUT2D eigenvalue weighted by Crippen LogP contribution is -2.29. The topological polar surface area (TPSA) is 101 Å². The van der Waals surface area contributed by atoms with Crippen LogP contribution in [0.4, 0.5) is 9.80 Å². The number of terminal acetylenes is 1. The first-order valence-electron chi connectivity index (χ1n) is 12.4. The molecule has 0 radical (unpaired) electrons. The summed E-state index contributed by atoms with van der Waals surface area (Å²) in [5, 5.41) is 16.2. The fraction of sp³-hybridized carbons (Fsp3) is 0.345. The van der Waals surface area contributed by atoms with Crippen molar-refractivity contribution in [3.8, 4) is 18.1 Å². The summed E-state index contributed by atoms with van der Waals surface area (Å²) in [5.41, 5.74) is 3.83. The monoisotopic (exact) mass is 517 g/mol. The van der Waals surface area contributed by atoms with Gasteiger partial charge < -0.3 is 20.5 Å². The van der Waals surface area contributed by atoms with Gasteiger partial charge in [-0.3, -0.25) is 9.78 Å². The molecule has 2 heterocycles. The molecule has 0 spiro atoms. The number of aromatic hydroxyl groups is 1. The molecule has 8 heteroatoms. The van der Waals surface area contributed by atoms with Crippen molar-refractivity contribution in [3.63, 3.8) is 0 Å². The molecule has 4 rings (SSSR count). The van der Waals surface area contributed by atoms with Crippen LogP contribution in [0.1, 0.15) is 52.8 Å². The summed E-state index contributed by atoms with van der Waals surface area (Å²) >= 11 is 1.51. The van der Waals surface area contributed by atoms with Crippen molar-refractivity contribution in [2.75, 3.05) is 18.5 Å². The number of fused-ring (bicyclic) bond motifs is 1. The van der Waals surface area contributed by atoms with Crippen molar-refractivity contribution in [2.24, 2.45) is 5.92 Å². The molecular formula is C29H31N3O4S. The first-order valence-corrected chi connectivity index (χ1v) is 13.2. The molecule has 1 aliphatic rings. The smallest absolute Gasteiger partial charge is 0.407 e. The summed E-state index contributed by atoms with van der Waals surface area (Å²) in [6.45, 7) is 2.78. The Kier molecular flexibility index (Phi) is 8.81. The van der Waals surface area contributed by atoms with Crippen molar-refractivity contribution < 1.29 is 19.4 Å².